The zero-order valence-electron chi connectivity index (χ0n) is 11.3. The van der Waals surface area contributed by atoms with E-state index in [0.717, 1.165) is 16.3 Å². The number of amides is 1. The van der Waals surface area contributed by atoms with Gasteiger partial charge in [-0.3, -0.25) is 9.78 Å². The third kappa shape index (κ3) is 2.67. The van der Waals surface area contributed by atoms with Crippen LogP contribution in [0.3, 0.4) is 0 Å². The molecule has 0 atom stereocenters. The number of benzene rings is 1. The van der Waals surface area contributed by atoms with Crippen LogP contribution in [-0.4, -0.2) is 15.9 Å². The summed E-state index contributed by atoms with van der Waals surface area (Å²) >= 11 is 0. The molecular formula is C16H14N4O. The number of rotatable bonds is 3. The summed E-state index contributed by atoms with van der Waals surface area (Å²) in [5.41, 5.74) is 7.30. The second-order valence-corrected chi connectivity index (χ2v) is 4.65. The van der Waals surface area contributed by atoms with E-state index in [4.69, 9.17) is 5.73 Å². The predicted molar refractivity (Wildman–Crippen MR) is 81.6 cm³/mol. The predicted octanol–water partition coefficient (Wildman–Crippen LogP) is 2.14. The Kier molecular flexibility index (Phi) is 3.47. The first-order valence-electron chi connectivity index (χ1n) is 6.56. The van der Waals surface area contributed by atoms with Crippen molar-refractivity contribution in [2.75, 3.05) is 5.73 Å². The minimum Gasteiger partial charge on any atom is -0.383 e. The minimum absolute atomic E-state index is 0.178. The molecule has 2 aromatic heterocycles. The standard InChI is InChI=1S/C16H14N4O/c17-15-13-6-2-1-5-12(13)14(10-19-15)16(21)20-9-11-4-3-7-18-8-11/h1-8,10H,9H2,(H2,17,19)(H,20,21). The Bertz CT molecular complexity index is 787. The molecule has 0 bridgehead atoms. The van der Waals surface area contributed by atoms with Gasteiger partial charge < -0.3 is 11.1 Å². The largest absolute Gasteiger partial charge is 0.383 e. The van der Waals surface area contributed by atoms with E-state index in [9.17, 15) is 4.79 Å². The maximum atomic E-state index is 12.3. The summed E-state index contributed by atoms with van der Waals surface area (Å²) in [5.74, 6) is 0.247. The number of pyridine rings is 2. The van der Waals surface area contributed by atoms with Crippen LogP contribution in [0, 0.1) is 0 Å². The molecule has 21 heavy (non-hydrogen) atoms. The van der Waals surface area contributed by atoms with Crippen molar-refractivity contribution < 1.29 is 4.79 Å². The first kappa shape index (κ1) is 13.1. The van der Waals surface area contributed by atoms with Crippen LogP contribution in [-0.2, 0) is 6.54 Å². The lowest BCUT2D eigenvalue weighted by molar-refractivity contribution is 0.0952. The number of nitrogen functional groups attached to an aromatic ring is 1. The fourth-order valence-corrected chi connectivity index (χ4v) is 2.18. The monoisotopic (exact) mass is 278 g/mol. The quantitative estimate of drug-likeness (QED) is 0.769. The molecule has 0 saturated heterocycles. The average molecular weight is 278 g/mol. The Hall–Kier alpha value is -2.95. The van der Waals surface area contributed by atoms with E-state index in [1.54, 1.807) is 12.4 Å². The molecule has 0 aliphatic heterocycles. The number of hydrogen-bond donors (Lipinski definition) is 2. The van der Waals surface area contributed by atoms with Gasteiger partial charge in [-0.05, 0) is 17.0 Å². The van der Waals surface area contributed by atoms with Gasteiger partial charge >= 0.3 is 0 Å². The molecular weight excluding hydrogens is 264 g/mol. The molecule has 2 heterocycles. The molecule has 0 aliphatic rings. The van der Waals surface area contributed by atoms with Crippen molar-refractivity contribution in [1.82, 2.24) is 15.3 Å². The number of nitrogens with one attached hydrogen (secondary N) is 1. The lowest BCUT2D eigenvalue weighted by Crippen LogP contribution is -2.23. The van der Waals surface area contributed by atoms with Gasteiger partial charge in [0.15, 0.2) is 0 Å². The van der Waals surface area contributed by atoms with Crippen LogP contribution in [0.5, 0.6) is 0 Å². The van der Waals surface area contributed by atoms with E-state index in [2.05, 4.69) is 15.3 Å². The molecule has 0 saturated carbocycles. The van der Waals surface area contributed by atoms with Crippen molar-refractivity contribution in [1.29, 1.82) is 0 Å². The third-order valence-electron chi connectivity index (χ3n) is 3.25. The molecule has 0 unspecified atom stereocenters. The topological polar surface area (TPSA) is 80.9 Å². The van der Waals surface area contributed by atoms with Crippen LogP contribution in [0.15, 0.2) is 55.0 Å². The van der Waals surface area contributed by atoms with Gasteiger partial charge in [0, 0.05) is 30.5 Å². The number of nitrogens with zero attached hydrogens (tertiary/aromatic N) is 2. The van der Waals surface area contributed by atoms with Crippen LogP contribution in [0.4, 0.5) is 5.82 Å². The number of nitrogens with two attached hydrogens (primary N) is 1. The average Bonchev–Trinajstić information content (AvgIpc) is 2.54. The van der Waals surface area contributed by atoms with Crippen molar-refractivity contribution in [3.8, 4) is 0 Å². The number of fused-ring (bicyclic) bond motifs is 1. The summed E-state index contributed by atoms with van der Waals surface area (Å²) in [6.07, 6.45) is 4.93. The second-order valence-electron chi connectivity index (χ2n) is 4.65. The van der Waals surface area contributed by atoms with Crippen LogP contribution in [0.2, 0.25) is 0 Å². The van der Waals surface area contributed by atoms with Crippen molar-refractivity contribution >= 4 is 22.5 Å². The molecule has 5 heteroatoms. The highest BCUT2D eigenvalue weighted by Crippen LogP contribution is 2.22. The molecule has 1 aromatic carbocycles. The highest BCUT2D eigenvalue weighted by molar-refractivity contribution is 6.08. The molecule has 104 valence electrons. The lowest BCUT2D eigenvalue weighted by Gasteiger charge is -2.09. The Morgan fingerprint density at radius 2 is 1.90 bits per heavy atom. The maximum absolute atomic E-state index is 12.3. The molecule has 0 fully saturated rings. The van der Waals surface area contributed by atoms with Crippen LogP contribution in [0.25, 0.3) is 10.8 Å². The summed E-state index contributed by atoms with van der Waals surface area (Å²) < 4.78 is 0. The van der Waals surface area contributed by atoms with Gasteiger partial charge in [-0.2, -0.15) is 0 Å². The van der Waals surface area contributed by atoms with Crippen LogP contribution >= 0.6 is 0 Å². The maximum Gasteiger partial charge on any atom is 0.253 e. The minimum atomic E-state index is -0.178. The molecule has 3 N–H and O–H groups in total. The van der Waals surface area contributed by atoms with Crippen LogP contribution in [0.1, 0.15) is 15.9 Å². The number of aromatic nitrogens is 2. The molecule has 3 aromatic rings. The number of carbonyl (C=O) groups is 1. The van der Waals surface area contributed by atoms with Crippen LogP contribution < -0.4 is 11.1 Å². The summed E-state index contributed by atoms with van der Waals surface area (Å²) in [4.78, 5) is 20.4. The van der Waals surface area contributed by atoms with Gasteiger partial charge in [-0.25, -0.2) is 4.98 Å². The smallest absolute Gasteiger partial charge is 0.253 e. The molecule has 0 radical (unpaired) electrons. The van der Waals surface area contributed by atoms with Gasteiger partial charge in [0.25, 0.3) is 5.91 Å². The van der Waals surface area contributed by atoms with Gasteiger partial charge in [0.1, 0.15) is 5.82 Å². The fraction of sp³-hybridized carbons (Fsp3) is 0.0625. The number of hydrogen-bond acceptors (Lipinski definition) is 4. The Labute approximate surface area is 121 Å². The molecule has 1 amide bonds. The van der Waals surface area contributed by atoms with Gasteiger partial charge in [0.05, 0.1) is 5.56 Å². The van der Waals surface area contributed by atoms with Crippen molar-refractivity contribution in [2.45, 2.75) is 6.54 Å². The molecule has 0 spiro atoms. The molecule has 0 aliphatic carbocycles. The molecule has 5 nitrogen and oxygen atoms in total. The van der Waals surface area contributed by atoms with E-state index in [-0.39, 0.29) is 5.91 Å². The van der Waals surface area contributed by atoms with E-state index in [0.29, 0.717) is 17.9 Å². The van der Waals surface area contributed by atoms with Crippen molar-refractivity contribution in [3.05, 3.63) is 66.1 Å². The summed E-state index contributed by atoms with van der Waals surface area (Å²) in [7, 11) is 0. The molecule has 3 rings (SSSR count). The van der Waals surface area contributed by atoms with Crippen molar-refractivity contribution in [3.63, 3.8) is 0 Å². The summed E-state index contributed by atoms with van der Waals surface area (Å²) in [6.45, 7) is 0.422. The van der Waals surface area contributed by atoms with Crippen molar-refractivity contribution in [2.24, 2.45) is 0 Å². The lowest BCUT2D eigenvalue weighted by atomic mass is 10.1. The van der Waals surface area contributed by atoms with Gasteiger partial charge in [0.2, 0.25) is 0 Å². The summed E-state index contributed by atoms with van der Waals surface area (Å²) in [6, 6.07) is 11.2. The Morgan fingerprint density at radius 3 is 2.67 bits per heavy atom. The Morgan fingerprint density at radius 1 is 1.10 bits per heavy atom. The fourth-order valence-electron chi connectivity index (χ4n) is 2.18. The first-order chi connectivity index (χ1) is 10.3. The zero-order valence-corrected chi connectivity index (χ0v) is 11.3. The summed E-state index contributed by atoms with van der Waals surface area (Å²) in [5, 5.41) is 4.45. The second kappa shape index (κ2) is 5.58. The van der Waals surface area contributed by atoms with E-state index < -0.39 is 0 Å². The number of anilines is 1. The van der Waals surface area contributed by atoms with E-state index in [1.807, 2.05) is 36.4 Å². The van der Waals surface area contributed by atoms with Gasteiger partial charge in [-0.15, -0.1) is 0 Å². The normalized spacial score (nSPS) is 10.5. The number of carbonyl (C=O) groups excluding carboxylic acids is 1. The zero-order chi connectivity index (χ0) is 14.7. The first-order valence-corrected chi connectivity index (χ1v) is 6.56. The SMILES string of the molecule is Nc1ncc(C(=O)NCc2cccnc2)c2ccccc12. The van der Waals surface area contributed by atoms with E-state index >= 15 is 0 Å². The highest BCUT2D eigenvalue weighted by Gasteiger charge is 2.12. The van der Waals surface area contributed by atoms with E-state index in [1.165, 1.54) is 6.20 Å². The highest BCUT2D eigenvalue weighted by atomic mass is 16.1. The Balaban J connectivity index is 1.87. The third-order valence-corrected chi connectivity index (χ3v) is 3.25. The van der Waals surface area contributed by atoms with Gasteiger partial charge in [-0.1, -0.05) is 30.3 Å².